The number of nitrogens with zero attached hydrogens (tertiary/aromatic N) is 3. The third-order valence-electron chi connectivity index (χ3n) is 2.39. The minimum atomic E-state index is 0.402. The maximum atomic E-state index is 8.97. The fraction of sp³-hybridized carbons (Fsp3) is 0.455. The van der Waals surface area contributed by atoms with Gasteiger partial charge in [0.05, 0.1) is 0 Å². The van der Waals surface area contributed by atoms with Crippen LogP contribution in [0.3, 0.4) is 0 Å². The Morgan fingerprint density at radius 2 is 2.00 bits per heavy atom. The Morgan fingerprint density at radius 3 is 2.47 bits per heavy atom. The first-order valence-corrected chi connectivity index (χ1v) is 4.70. The van der Waals surface area contributed by atoms with Crippen molar-refractivity contribution < 1.29 is 4.42 Å². The number of hydrogen-bond acceptors (Lipinski definition) is 3. The summed E-state index contributed by atoms with van der Waals surface area (Å²) in [6.07, 6.45) is 0. The van der Waals surface area contributed by atoms with Crippen molar-refractivity contribution in [2.24, 2.45) is 4.99 Å². The predicted molar refractivity (Wildman–Crippen MR) is 59.4 cm³/mol. The number of rotatable bonds is 1. The SMILES string of the molecule is CC(=Nc1oc(C)c(C)c1C#N)N(C)C. The van der Waals surface area contributed by atoms with E-state index >= 15 is 0 Å². The standard InChI is InChI=1S/C11H15N3O/c1-7-8(2)15-11(10(7)6-12)13-9(3)14(4)5/h1-5H3. The summed E-state index contributed by atoms with van der Waals surface area (Å²) in [6.45, 7) is 5.57. The summed E-state index contributed by atoms with van der Waals surface area (Å²) in [5.41, 5.74) is 1.39. The smallest absolute Gasteiger partial charge is 0.238 e. The predicted octanol–water partition coefficient (Wildman–Crippen LogP) is 2.38. The lowest BCUT2D eigenvalue weighted by molar-refractivity contribution is 0.537. The molecule has 0 N–H and O–H groups in total. The summed E-state index contributed by atoms with van der Waals surface area (Å²) in [6, 6.07) is 2.11. The first-order chi connectivity index (χ1) is 6.97. The number of amidine groups is 1. The first kappa shape index (κ1) is 11.3. The third kappa shape index (κ3) is 2.18. The molecule has 0 amide bonds. The fourth-order valence-electron chi connectivity index (χ4n) is 1.07. The molecule has 0 aromatic carbocycles. The summed E-state index contributed by atoms with van der Waals surface area (Å²) in [7, 11) is 3.79. The van der Waals surface area contributed by atoms with Gasteiger partial charge < -0.3 is 9.32 Å². The van der Waals surface area contributed by atoms with Crippen LogP contribution in [0.2, 0.25) is 0 Å². The molecule has 0 spiro atoms. The molecule has 1 rings (SSSR count). The maximum Gasteiger partial charge on any atom is 0.238 e. The molecule has 0 fully saturated rings. The number of nitriles is 1. The molecular weight excluding hydrogens is 190 g/mol. The van der Waals surface area contributed by atoms with Gasteiger partial charge in [-0.15, -0.1) is 0 Å². The van der Waals surface area contributed by atoms with E-state index in [2.05, 4.69) is 11.1 Å². The van der Waals surface area contributed by atoms with Crippen molar-refractivity contribution in [3.63, 3.8) is 0 Å². The van der Waals surface area contributed by atoms with Gasteiger partial charge in [0.2, 0.25) is 5.88 Å². The molecule has 0 bridgehead atoms. The molecule has 1 aromatic heterocycles. The van der Waals surface area contributed by atoms with Crippen LogP contribution in [0, 0.1) is 25.2 Å². The molecule has 0 aliphatic rings. The number of aryl methyl sites for hydroxylation is 1. The van der Waals surface area contributed by atoms with Crippen LogP contribution in [0.4, 0.5) is 5.88 Å². The Bertz CT molecular complexity index is 435. The van der Waals surface area contributed by atoms with Crippen LogP contribution < -0.4 is 0 Å². The van der Waals surface area contributed by atoms with Gasteiger partial charge >= 0.3 is 0 Å². The maximum absolute atomic E-state index is 8.97. The van der Waals surface area contributed by atoms with E-state index in [1.54, 1.807) is 0 Å². The largest absolute Gasteiger partial charge is 0.442 e. The van der Waals surface area contributed by atoms with E-state index in [1.165, 1.54) is 0 Å². The quantitative estimate of drug-likeness (QED) is 0.522. The average molecular weight is 205 g/mol. The van der Waals surface area contributed by atoms with Crippen molar-refractivity contribution in [2.75, 3.05) is 14.1 Å². The molecule has 15 heavy (non-hydrogen) atoms. The number of aliphatic imine (C=N–C) groups is 1. The Hall–Kier alpha value is -1.76. The lowest BCUT2D eigenvalue weighted by Crippen LogP contribution is -2.17. The Kier molecular flexibility index (Phi) is 3.15. The van der Waals surface area contributed by atoms with Gasteiger partial charge in [-0.1, -0.05) is 0 Å². The molecule has 0 unspecified atom stereocenters. The van der Waals surface area contributed by atoms with Gasteiger partial charge in [0.25, 0.3) is 0 Å². The summed E-state index contributed by atoms with van der Waals surface area (Å²) >= 11 is 0. The van der Waals surface area contributed by atoms with E-state index in [0.717, 1.165) is 17.2 Å². The summed E-state index contributed by atoms with van der Waals surface area (Å²) < 4.78 is 5.42. The summed E-state index contributed by atoms with van der Waals surface area (Å²) in [5.74, 6) is 1.95. The molecule has 0 saturated heterocycles. The first-order valence-electron chi connectivity index (χ1n) is 4.70. The Morgan fingerprint density at radius 1 is 1.40 bits per heavy atom. The minimum absolute atomic E-state index is 0.402. The average Bonchev–Trinajstić information content (AvgIpc) is 2.42. The monoisotopic (exact) mass is 205 g/mol. The van der Waals surface area contributed by atoms with E-state index < -0.39 is 0 Å². The van der Waals surface area contributed by atoms with Crippen LogP contribution in [0.15, 0.2) is 9.41 Å². The van der Waals surface area contributed by atoms with Gasteiger partial charge in [0, 0.05) is 19.7 Å². The molecule has 4 nitrogen and oxygen atoms in total. The molecule has 4 heteroatoms. The zero-order chi connectivity index (χ0) is 11.6. The lowest BCUT2D eigenvalue weighted by Gasteiger charge is -2.09. The molecule has 0 atom stereocenters. The van der Waals surface area contributed by atoms with Gasteiger partial charge in [0.15, 0.2) is 0 Å². The molecule has 0 aliphatic heterocycles. The molecule has 80 valence electrons. The van der Waals surface area contributed by atoms with Gasteiger partial charge in [-0.05, 0) is 20.8 Å². The van der Waals surface area contributed by atoms with Crippen LogP contribution in [0.1, 0.15) is 23.8 Å². The summed E-state index contributed by atoms with van der Waals surface area (Å²) in [4.78, 5) is 6.13. The normalized spacial score (nSPS) is 11.3. The highest BCUT2D eigenvalue weighted by Gasteiger charge is 2.13. The third-order valence-corrected chi connectivity index (χ3v) is 2.39. The van der Waals surface area contributed by atoms with Crippen molar-refractivity contribution in [1.29, 1.82) is 5.26 Å². The second-order valence-corrected chi connectivity index (χ2v) is 3.63. The molecule has 1 heterocycles. The van der Waals surface area contributed by atoms with Crippen molar-refractivity contribution in [3.8, 4) is 6.07 Å². The van der Waals surface area contributed by atoms with Crippen LogP contribution in [0.5, 0.6) is 0 Å². The summed E-state index contributed by atoms with van der Waals surface area (Å²) in [5, 5.41) is 8.97. The van der Waals surface area contributed by atoms with Crippen molar-refractivity contribution in [3.05, 3.63) is 16.9 Å². The van der Waals surface area contributed by atoms with Crippen molar-refractivity contribution in [1.82, 2.24) is 4.90 Å². The van der Waals surface area contributed by atoms with Gasteiger partial charge in [-0.2, -0.15) is 10.3 Å². The van der Waals surface area contributed by atoms with E-state index in [-0.39, 0.29) is 0 Å². The van der Waals surface area contributed by atoms with Gasteiger partial charge in [-0.3, -0.25) is 0 Å². The highest BCUT2D eigenvalue weighted by molar-refractivity contribution is 5.82. The van der Waals surface area contributed by atoms with E-state index in [0.29, 0.717) is 11.4 Å². The van der Waals surface area contributed by atoms with Crippen molar-refractivity contribution in [2.45, 2.75) is 20.8 Å². The highest BCUT2D eigenvalue weighted by atomic mass is 16.4. The van der Waals surface area contributed by atoms with E-state index in [9.17, 15) is 0 Å². The van der Waals surface area contributed by atoms with Crippen molar-refractivity contribution >= 4 is 11.7 Å². The minimum Gasteiger partial charge on any atom is -0.442 e. The topological polar surface area (TPSA) is 52.5 Å². The van der Waals surface area contributed by atoms with Crippen LogP contribution >= 0.6 is 0 Å². The molecular formula is C11H15N3O. The van der Waals surface area contributed by atoms with E-state index in [1.807, 2.05) is 39.8 Å². The van der Waals surface area contributed by atoms with Crippen LogP contribution in [-0.4, -0.2) is 24.8 Å². The van der Waals surface area contributed by atoms with Gasteiger partial charge in [-0.25, -0.2) is 0 Å². The molecule has 0 aliphatic carbocycles. The van der Waals surface area contributed by atoms with Crippen LogP contribution in [-0.2, 0) is 0 Å². The lowest BCUT2D eigenvalue weighted by atomic mass is 10.2. The fourth-order valence-corrected chi connectivity index (χ4v) is 1.07. The number of furan rings is 1. The Balaban J connectivity index is 3.23. The zero-order valence-corrected chi connectivity index (χ0v) is 9.75. The molecule has 1 aromatic rings. The highest BCUT2D eigenvalue weighted by Crippen LogP contribution is 2.28. The second kappa shape index (κ2) is 4.18. The van der Waals surface area contributed by atoms with Gasteiger partial charge in [0.1, 0.15) is 23.2 Å². The molecule has 0 saturated carbocycles. The van der Waals surface area contributed by atoms with E-state index in [4.69, 9.17) is 9.68 Å². The zero-order valence-electron chi connectivity index (χ0n) is 9.75. The van der Waals surface area contributed by atoms with Crippen LogP contribution in [0.25, 0.3) is 0 Å². The Labute approximate surface area is 89.8 Å². The number of hydrogen-bond donors (Lipinski definition) is 0. The second-order valence-electron chi connectivity index (χ2n) is 3.63. The molecule has 0 radical (unpaired) electrons.